The Bertz CT molecular complexity index is 735. The van der Waals surface area contributed by atoms with Gasteiger partial charge < -0.3 is 24.3 Å². The summed E-state index contributed by atoms with van der Waals surface area (Å²) in [6.45, 7) is 3.12. The Balaban J connectivity index is 1.80. The molecule has 0 aromatic heterocycles. The molecule has 1 N–H and O–H groups in total. The number of ether oxygens (including phenoxy) is 4. The van der Waals surface area contributed by atoms with E-state index >= 15 is 0 Å². The molecule has 6 nitrogen and oxygen atoms in total. The van der Waals surface area contributed by atoms with Gasteiger partial charge in [-0.3, -0.25) is 4.79 Å². The van der Waals surface area contributed by atoms with Crippen LogP contribution in [0.15, 0.2) is 36.4 Å². The molecule has 6 heteroatoms. The number of methoxy groups -OCH3 is 3. The maximum atomic E-state index is 12.2. The largest absolute Gasteiger partial charge is 0.494 e. The van der Waals surface area contributed by atoms with Gasteiger partial charge in [0.05, 0.1) is 34.4 Å². The molecule has 0 saturated heterocycles. The topological polar surface area (TPSA) is 66.0 Å². The van der Waals surface area contributed by atoms with E-state index < -0.39 is 0 Å². The van der Waals surface area contributed by atoms with Gasteiger partial charge >= 0.3 is 0 Å². The van der Waals surface area contributed by atoms with Gasteiger partial charge in [0.15, 0.2) is 11.5 Å². The second kappa shape index (κ2) is 10.3. The molecule has 146 valence electrons. The highest BCUT2D eigenvalue weighted by Crippen LogP contribution is 2.38. The van der Waals surface area contributed by atoms with Crippen LogP contribution in [0.1, 0.15) is 17.5 Å². The van der Waals surface area contributed by atoms with Crippen molar-refractivity contribution >= 4 is 5.91 Å². The number of nitrogens with one attached hydrogen (secondary N) is 1. The lowest BCUT2D eigenvalue weighted by Gasteiger charge is -2.14. The molecule has 0 aliphatic rings. The second-order valence-electron chi connectivity index (χ2n) is 6.08. The van der Waals surface area contributed by atoms with E-state index in [0.717, 1.165) is 23.3 Å². The molecule has 2 aromatic carbocycles. The Labute approximate surface area is 160 Å². The Morgan fingerprint density at radius 1 is 1.00 bits per heavy atom. The van der Waals surface area contributed by atoms with Gasteiger partial charge in [-0.1, -0.05) is 12.1 Å². The van der Waals surface area contributed by atoms with Crippen LogP contribution in [0.25, 0.3) is 0 Å². The fraction of sp³-hybridized carbons (Fsp3) is 0.381. The standard InChI is InChI=1S/C21H27NO5/c1-15-7-5-8-17(11-15)27-10-6-9-22-20(23)14-16-12-18(24-2)21(26-4)19(13-16)25-3/h5,7-8,11-13H,6,9-10,14H2,1-4H3,(H,22,23). The van der Waals surface area contributed by atoms with Crippen molar-refractivity contribution in [3.63, 3.8) is 0 Å². The molecule has 0 radical (unpaired) electrons. The predicted octanol–water partition coefficient (Wildman–Crippen LogP) is 3.15. The van der Waals surface area contributed by atoms with E-state index in [4.69, 9.17) is 18.9 Å². The normalized spacial score (nSPS) is 10.2. The summed E-state index contributed by atoms with van der Waals surface area (Å²) in [5.41, 5.74) is 1.95. The van der Waals surface area contributed by atoms with Crippen LogP contribution < -0.4 is 24.3 Å². The van der Waals surface area contributed by atoms with Crippen molar-refractivity contribution in [2.24, 2.45) is 0 Å². The third kappa shape index (κ3) is 6.09. The number of amides is 1. The van der Waals surface area contributed by atoms with E-state index in [0.29, 0.717) is 30.4 Å². The fourth-order valence-electron chi connectivity index (χ4n) is 2.68. The fourth-order valence-corrected chi connectivity index (χ4v) is 2.68. The smallest absolute Gasteiger partial charge is 0.224 e. The van der Waals surface area contributed by atoms with Crippen LogP contribution in [0.5, 0.6) is 23.0 Å². The first-order valence-corrected chi connectivity index (χ1v) is 8.82. The first kappa shape index (κ1) is 20.4. The van der Waals surface area contributed by atoms with E-state index in [2.05, 4.69) is 5.32 Å². The van der Waals surface area contributed by atoms with Crippen molar-refractivity contribution in [2.75, 3.05) is 34.5 Å². The highest BCUT2D eigenvalue weighted by Gasteiger charge is 2.14. The van der Waals surface area contributed by atoms with Crippen molar-refractivity contribution in [2.45, 2.75) is 19.8 Å². The Morgan fingerprint density at radius 2 is 1.70 bits per heavy atom. The number of hydrogen-bond donors (Lipinski definition) is 1. The number of hydrogen-bond acceptors (Lipinski definition) is 5. The molecule has 1 amide bonds. The van der Waals surface area contributed by atoms with Crippen molar-refractivity contribution in [3.05, 3.63) is 47.5 Å². The summed E-state index contributed by atoms with van der Waals surface area (Å²) in [6, 6.07) is 11.5. The lowest BCUT2D eigenvalue weighted by molar-refractivity contribution is -0.120. The summed E-state index contributed by atoms with van der Waals surface area (Å²) < 4.78 is 21.6. The molecular formula is C21H27NO5. The number of carbonyl (C=O) groups is 1. The molecule has 0 heterocycles. The predicted molar refractivity (Wildman–Crippen MR) is 104 cm³/mol. The third-order valence-corrected chi connectivity index (χ3v) is 3.99. The van der Waals surface area contributed by atoms with Gasteiger partial charge in [0.25, 0.3) is 0 Å². The molecular weight excluding hydrogens is 346 g/mol. The lowest BCUT2D eigenvalue weighted by Crippen LogP contribution is -2.27. The van der Waals surface area contributed by atoms with Crippen molar-refractivity contribution < 1.29 is 23.7 Å². The van der Waals surface area contributed by atoms with Crippen molar-refractivity contribution in [3.8, 4) is 23.0 Å². The Hall–Kier alpha value is -2.89. The first-order valence-electron chi connectivity index (χ1n) is 8.82. The minimum absolute atomic E-state index is 0.0696. The molecule has 0 aliphatic heterocycles. The summed E-state index contributed by atoms with van der Waals surface area (Å²) in [5, 5.41) is 2.90. The van der Waals surface area contributed by atoms with Gasteiger partial charge in [0, 0.05) is 6.54 Å². The number of rotatable bonds is 10. The van der Waals surface area contributed by atoms with E-state index in [1.165, 1.54) is 0 Å². The van der Waals surface area contributed by atoms with Gasteiger partial charge in [-0.05, 0) is 48.7 Å². The van der Waals surface area contributed by atoms with Gasteiger partial charge in [-0.25, -0.2) is 0 Å². The molecule has 0 spiro atoms. The third-order valence-electron chi connectivity index (χ3n) is 3.99. The maximum Gasteiger partial charge on any atom is 0.224 e. The molecule has 0 aliphatic carbocycles. The highest BCUT2D eigenvalue weighted by atomic mass is 16.5. The average Bonchev–Trinajstić information content (AvgIpc) is 2.66. The maximum absolute atomic E-state index is 12.2. The van der Waals surface area contributed by atoms with Crippen LogP contribution in [-0.2, 0) is 11.2 Å². The molecule has 0 bridgehead atoms. The SMILES string of the molecule is COc1cc(CC(=O)NCCCOc2cccc(C)c2)cc(OC)c1OC. The zero-order chi connectivity index (χ0) is 19.6. The summed E-state index contributed by atoms with van der Waals surface area (Å²) in [4.78, 5) is 12.2. The summed E-state index contributed by atoms with van der Waals surface area (Å²) in [5.74, 6) is 2.36. The van der Waals surface area contributed by atoms with E-state index in [1.807, 2.05) is 31.2 Å². The van der Waals surface area contributed by atoms with Crippen LogP contribution in [-0.4, -0.2) is 40.4 Å². The van der Waals surface area contributed by atoms with E-state index in [1.54, 1.807) is 33.5 Å². The van der Waals surface area contributed by atoms with E-state index in [9.17, 15) is 4.79 Å². The Morgan fingerprint density at radius 3 is 2.30 bits per heavy atom. The summed E-state index contributed by atoms with van der Waals surface area (Å²) in [7, 11) is 4.65. The van der Waals surface area contributed by atoms with Gasteiger partial charge in [-0.15, -0.1) is 0 Å². The molecule has 0 saturated carbocycles. The van der Waals surface area contributed by atoms with E-state index in [-0.39, 0.29) is 12.3 Å². The van der Waals surface area contributed by atoms with Gasteiger partial charge in [0.2, 0.25) is 11.7 Å². The highest BCUT2D eigenvalue weighted by molar-refractivity contribution is 5.79. The molecule has 27 heavy (non-hydrogen) atoms. The average molecular weight is 373 g/mol. The molecule has 0 fully saturated rings. The Kier molecular flexibility index (Phi) is 7.79. The summed E-state index contributed by atoms with van der Waals surface area (Å²) in [6.07, 6.45) is 0.963. The number of aryl methyl sites for hydroxylation is 1. The molecule has 2 aromatic rings. The quantitative estimate of drug-likeness (QED) is 0.648. The van der Waals surface area contributed by atoms with Gasteiger partial charge in [0.1, 0.15) is 5.75 Å². The van der Waals surface area contributed by atoms with Crippen LogP contribution >= 0.6 is 0 Å². The molecule has 0 atom stereocenters. The van der Waals surface area contributed by atoms with Crippen LogP contribution in [0.3, 0.4) is 0 Å². The number of benzene rings is 2. The van der Waals surface area contributed by atoms with Crippen molar-refractivity contribution in [1.82, 2.24) is 5.32 Å². The molecule has 2 rings (SSSR count). The lowest BCUT2D eigenvalue weighted by atomic mass is 10.1. The zero-order valence-corrected chi connectivity index (χ0v) is 16.3. The monoisotopic (exact) mass is 373 g/mol. The minimum Gasteiger partial charge on any atom is -0.494 e. The van der Waals surface area contributed by atoms with Gasteiger partial charge in [-0.2, -0.15) is 0 Å². The number of carbonyl (C=O) groups excluding carboxylic acids is 1. The summed E-state index contributed by atoms with van der Waals surface area (Å²) >= 11 is 0. The van der Waals surface area contributed by atoms with Crippen LogP contribution in [0, 0.1) is 6.92 Å². The van der Waals surface area contributed by atoms with Crippen LogP contribution in [0.4, 0.5) is 0 Å². The second-order valence-corrected chi connectivity index (χ2v) is 6.08. The minimum atomic E-state index is -0.0696. The first-order chi connectivity index (χ1) is 13.1. The zero-order valence-electron chi connectivity index (χ0n) is 16.3. The van der Waals surface area contributed by atoms with Crippen molar-refractivity contribution in [1.29, 1.82) is 0 Å². The van der Waals surface area contributed by atoms with Crippen LogP contribution in [0.2, 0.25) is 0 Å². The molecule has 0 unspecified atom stereocenters.